The number of Topliss-reactive ketones (excluding diaryl/α,β-unsaturated/α-hetero) is 1. The van der Waals surface area contributed by atoms with Gasteiger partial charge in [0.15, 0.2) is 17.3 Å². The maximum absolute atomic E-state index is 13.1. The highest BCUT2D eigenvalue weighted by atomic mass is 16.5. The highest BCUT2D eigenvalue weighted by Crippen LogP contribution is 2.63. The molecule has 3 aliphatic rings. The molecule has 1 saturated carbocycles. The molecular weight excluding hydrogens is 360 g/mol. The first-order valence-corrected chi connectivity index (χ1v) is 9.96. The van der Waals surface area contributed by atoms with Crippen LogP contribution in [-0.2, 0) is 21.4 Å². The van der Waals surface area contributed by atoms with Gasteiger partial charge >= 0.3 is 5.97 Å². The van der Waals surface area contributed by atoms with Gasteiger partial charge in [0.25, 0.3) is 0 Å². The first-order valence-electron chi connectivity index (χ1n) is 9.96. The largest absolute Gasteiger partial charge is 0.507 e. The Balaban J connectivity index is 1.90. The van der Waals surface area contributed by atoms with E-state index in [2.05, 4.69) is 0 Å². The number of rotatable bonds is 1. The van der Waals surface area contributed by atoms with Crippen LogP contribution in [0, 0.1) is 11.3 Å². The Kier molecular flexibility index (Phi) is 4.01. The monoisotopic (exact) mass is 388 g/mol. The molecule has 2 aliphatic carbocycles. The lowest BCUT2D eigenvalue weighted by Gasteiger charge is -2.56. The van der Waals surface area contributed by atoms with Crippen molar-refractivity contribution in [1.82, 2.24) is 0 Å². The van der Waals surface area contributed by atoms with Crippen molar-refractivity contribution in [2.24, 2.45) is 11.3 Å². The Bertz CT molecular complexity index is 886. The molecule has 1 aromatic rings. The summed E-state index contributed by atoms with van der Waals surface area (Å²) in [4.78, 5) is 24.7. The highest BCUT2D eigenvalue weighted by Gasteiger charge is 2.58. The number of ether oxygens (including phenoxy) is 2. The molecular formula is C22H28O6. The minimum absolute atomic E-state index is 0.0190. The normalized spacial score (nSPS) is 32.8. The lowest BCUT2D eigenvalue weighted by molar-refractivity contribution is -0.163. The summed E-state index contributed by atoms with van der Waals surface area (Å²) in [5.41, 5.74) is 0.269. The molecule has 0 saturated heterocycles. The van der Waals surface area contributed by atoms with E-state index in [1.165, 1.54) is 6.92 Å². The van der Waals surface area contributed by atoms with Gasteiger partial charge in [-0.2, -0.15) is 0 Å². The van der Waals surface area contributed by atoms with Crippen LogP contribution in [-0.4, -0.2) is 34.2 Å². The van der Waals surface area contributed by atoms with Crippen LogP contribution in [0.3, 0.4) is 0 Å². The average molecular weight is 388 g/mol. The summed E-state index contributed by atoms with van der Waals surface area (Å²) in [5.74, 6) is -0.404. The Morgan fingerprint density at radius 1 is 1.18 bits per heavy atom. The zero-order valence-electron chi connectivity index (χ0n) is 17.1. The van der Waals surface area contributed by atoms with E-state index in [0.29, 0.717) is 36.1 Å². The van der Waals surface area contributed by atoms with Gasteiger partial charge in [-0.1, -0.05) is 20.8 Å². The van der Waals surface area contributed by atoms with Gasteiger partial charge in [-0.3, -0.25) is 9.59 Å². The number of aromatic hydroxyl groups is 2. The molecule has 0 radical (unpaired) electrons. The molecule has 1 aromatic carbocycles. The molecule has 28 heavy (non-hydrogen) atoms. The van der Waals surface area contributed by atoms with Crippen LogP contribution in [0.4, 0.5) is 0 Å². The minimum atomic E-state index is -0.533. The van der Waals surface area contributed by atoms with E-state index >= 15 is 0 Å². The summed E-state index contributed by atoms with van der Waals surface area (Å²) in [6, 6.07) is 0. The van der Waals surface area contributed by atoms with Crippen molar-refractivity contribution < 1.29 is 29.3 Å². The standard InChI is InChI=1S/C22H28O6/c1-10-8-12-18(25)16-13(24)9-14-21(3,4)15(28-11(2)23)6-7-22(14,5)17(16)19(26)20(12)27-10/h10,14-15,25-26H,6-9H2,1-5H3/t10-,14-,15-,22-/m0/s1. The number of carbonyl (C=O) groups excluding carboxylic acids is 2. The number of esters is 1. The molecule has 4 rings (SSSR count). The first kappa shape index (κ1) is 19.1. The molecule has 0 amide bonds. The maximum atomic E-state index is 13.1. The van der Waals surface area contributed by atoms with Gasteiger partial charge in [-0.25, -0.2) is 0 Å². The third-order valence-electron chi connectivity index (χ3n) is 7.28. The molecule has 1 fully saturated rings. The van der Waals surface area contributed by atoms with Crippen LogP contribution in [0.15, 0.2) is 0 Å². The van der Waals surface area contributed by atoms with Crippen LogP contribution in [0.1, 0.15) is 75.4 Å². The van der Waals surface area contributed by atoms with Gasteiger partial charge in [-0.15, -0.1) is 0 Å². The van der Waals surface area contributed by atoms with E-state index in [1.807, 2.05) is 27.7 Å². The lowest BCUT2D eigenvalue weighted by Crippen LogP contribution is -2.55. The van der Waals surface area contributed by atoms with Gasteiger partial charge in [-0.05, 0) is 25.7 Å². The predicted octanol–water partition coefficient (Wildman–Crippen LogP) is 3.63. The smallest absolute Gasteiger partial charge is 0.302 e. The molecule has 6 nitrogen and oxygen atoms in total. The summed E-state index contributed by atoms with van der Waals surface area (Å²) in [5, 5.41) is 22.0. The van der Waals surface area contributed by atoms with E-state index in [1.54, 1.807) is 0 Å². The number of fused-ring (bicyclic) bond motifs is 4. The van der Waals surface area contributed by atoms with Gasteiger partial charge < -0.3 is 19.7 Å². The number of carbonyl (C=O) groups is 2. The molecule has 152 valence electrons. The molecule has 1 aliphatic heterocycles. The molecule has 0 spiro atoms. The van der Waals surface area contributed by atoms with Crippen molar-refractivity contribution in [3.8, 4) is 17.2 Å². The van der Waals surface area contributed by atoms with Crippen LogP contribution < -0.4 is 4.74 Å². The van der Waals surface area contributed by atoms with Gasteiger partial charge in [0.05, 0.1) is 5.56 Å². The molecule has 1 heterocycles. The van der Waals surface area contributed by atoms with E-state index in [4.69, 9.17) is 9.47 Å². The number of benzene rings is 1. The third kappa shape index (κ3) is 2.39. The zero-order valence-corrected chi connectivity index (χ0v) is 17.1. The van der Waals surface area contributed by atoms with Crippen molar-refractivity contribution in [3.63, 3.8) is 0 Å². The number of ketones is 1. The maximum Gasteiger partial charge on any atom is 0.302 e. The number of hydrogen-bond donors (Lipinski definition) is 2. The van der Waals surface area contributed by atoms with E-state index in [0.717, 1.165) is 0 Å². The second kappa shape index (κ2) is 5.88. The number of phenols is 2. The summed E-state index contributed by atoms with van der Waals surface area (Å²) in [7, 11) is 0. The molecule has 0 unspecified atom stereocenters. The Morgan fingerprint density at radius 3 is 2.50 bits per heavy atom. The second-order valence-corrected chi connectivity index (χ2v) is 9.44. The second-order valence-electron chi connectivity index (χ2n) is 9.44. The predicted molar refractivity (Wildman–Crippen MR) is 102 cm³/mol. The first-order chi connectivity index (χ1) is 13.0. The van der Waals surface area contributed by atoms with Crippen molar-refractivity contribution in [3.05, 3.63) is 16.7 Å². The van der Waals surface area contributed by atoms with E-state index in [9.17, 15) is 19.8 Å². The van der Waals surface area contributed by atoms with Gasteiger partial charge in [0.2, 0.25) is 0 Å². The number of hydrogen-bond acceptors (Lipinski definition) is 6. The Labute approximate surface area is 164 Å². The van der Waals surface area contributed by atoms with Crippen molar-refractivity contribution in [2.75, 3.05) is 0 Å². The molecule has 0 aromatic heterocycles. The van der Waals surface area contributed by atoms with Gasteiger partial charge in [0.1, 0.15) is 18.0 Å². The van der Waals surface area contributed by atoms with Crippen LogP contribution in [0.25, 0.3) is 0 Å². The van der Waals surface area contributed by atoms with Crippen LogP contribution in [0.5, 0.6) is 17.2 Å². The lowest BCUT2D eigenvalue weighted by atomic mass is 9.49. The van der Waals surface area contributed by atoms with Crippen molar-refractivity contribution >= 4 is 11.8 Å². The summed E-state index contributed by atoms with van der Waals surface area (Å²) >= 11 is 0. The van der Waals surface area contributed by atoms with E-state index in [-0.39, 0.29) is 53.4 Å². The molecule has 2 N–H and O–H groups in total. The summed E-state index contributed by atoms with van der Waals surface area (Å²) in [6.45, 7) is 9.35. The topological polar surface area (TPSA) is 93.1 Å². The fourth-order valence-electron chi connectivity index (χ4n) is 5.93. The summed E-state index contributed by atoms with van der Waals surface area (Å²) < 4.78 is 11.4. The van der Waals surface area contributed by atoms with E-state index < -0.39 is 10.8 Å². The third-order valence-corrected chi connectivity index (χ3v) is 7.28. The average Bonchev–Trinajstić information content (AvgIpc) is 2.99. The zero-order chi connectivity index (χ0) is 20.6. The highest BCUT2D eigenvalue weighted by molar-refractivity contribution is 6.04. The molecule has 0 bridgehead atoms. The molecule has 6 heteroatoms. The Hall–Kier alpha value is -2.24. The van der Waals surface area contributed by atoms with Crippen LogP contribution >= 0.6 is 0 Å². The van der Waals surface area contributed by atoms with Gasteiger partial charge in [0, 0.05) is 41.7 Å². The fourth-order valence-corrected chi connectivity index (χ4v) is 5.93. The Morgan fingerprint density at radius 2 is 1.86 bits per heavy atom. The van der Waals surface area contributed by atoms with Crippen molar-refractivity contribution in [1.29, 1.82) is 0 Å². The van der Waals surface area contributed by atoms with Crippen molar-refractivity contribution in [2.45, 2.75) is 77.9 Å². The minimum Gasteiger partial charge on any atom is -0.507 e. The quantitative estimate of drug-likeness (QED) is 0.564. The SMILES string of the molecule is CC(=O)O[C@H]1CC[C@]2(C)c3c(O)c4c(c(O)c3C(=O)C[C@H]2C1(C)C)C[C@H](C)O4. The fraction of sp³-hybridized carbons (Fsp3) is 0.636. The van der Waals surface area contributed by atoms with Crippen LogP contribution in [0.2, 0.25) is 0 Å². The number of phenolic OH excluding ortho intramolecular Hbond substituents is 2. The molecule has 4 atom stereocenters. The summed E-state index contributed by atoms with van der Waals surface area (Å²) in [6.07, 6.45) is 1.53.